The Morgan fingerprint density at radius 1 is 1.18 bits per heavy atom. The smallest absolute Gasteiger partial charge is 0.417 e. The van der Waals surface area contributed by atoms with Gasteiger partial charge in [-0.05, 0) is 18.2 Å². The van der Waals surface area contributed by atoms with Crippen molar-refractivity contribution >= 4 is 45.2 Å². The quantitative estimate of drug-likeness (QED) is 0.807. The highest BCUT2D eigenvalue weighted by Gasteiger charge is 2.47. The number of cyclic esters (lactones) is 1. The minimum atomic E-state index is -3.83. The van der Waals surface area contributed by atoms with Gasteiger partial charge in [0.15, 0.2) is 6.61 Å². The summed E-state index contributed by atoms with van der Waals surface area (Å²) in [5.41, 5.74) is 0. The summed E-state index contributed by atoms with van der Waals surface area (Å²) in [4.78, 5) is 23.8. The monoisotopic (exact) mass is 364 g/mol. The first-order valence-corrected chi connectivity index (χ1v) is 8.44. The van der Waals surface area contributed by atoms with E-state index in [-0.39, 0.29) is 34.6 Å². The number of hydrogen-bond donors (Lipinski definition) is 0. The normalized spacial score (nSPS) is 20.2. The van der Waals surface area contributed by atoms with E-state index in [0.717, 1.165) is 9.21 Å². The molecule has 118 valence electrons. The van der Waals surface area contributed by atoms with Crippen molar-refractivity contribution in [2.24, 2.45) is 0 Å². The molecule has 1 aromatic rings. The van der Waals surface area contributed by atoms with Crippen LogP contribution in [0.15, 0.2) is 23.1 Å². The van der Waals surface area contributed by atoms with Crippen molar-refractivity contribution in [3.05, 3.63) is 28.2 Å². The SMILES string of the molecule is O=C1COC(=O)N1C1CN(S(=O)(=O)c2cc(Cl)ccc2Cl)C1. The van der Waals surface area contributed by atoms with Crippen molar-refractivity contribution in [3.63, 3.8) is 0 Å². The van der Waals surface area contributed by atoms with Crippen molar-refractivity contribution < 1.29 is 22.7 Å². The summed E-state index contributed by atoms with van der Waals surface area (Å²) in [6.07, 6.45) is -0.743. The van der Waals surface area contributed by atoms with E-state index in [9.17, 15) is 18.0 Å². The van der Waals surface area contributed by atoms with Crippen LogP contribution in [0.4, 0.5) is 4.79 Å². The van der Waals surface area contributed by atoms with Crippen molar-refractivity contribution in [2.75, 3.05) is 19.7 Å². The summed E-state index contributed by atoms with van der Waals surface area (Å²) in [6, 6.07) is 3.63. The predicted octanol–water partition coefficient (Wildman–Crippen LogP) is 1.35. The summed E-state index contributed by atoms with van der Waals surface area (Å²) >= 11 is 11.7. The highest BCUT2D eigenvalue weighted by Crippen LogP contribution is 2.31. The lowest BCUT2D eigenvalue weighted by Gasteiger charge is -2.40. The molecule has 2 heterocycles. The molecule has 22 heavy (non-hydrogen) atoms. The Labute approximate surface area is 136 Å². The lowest BCUT2D eigenvalue weighted by atomic mass is 10.1. The maximum Gasteiger partial charge on any atom is 0.417 e. The van der Waals surface area contributed by atoms with Crippen LogP contribution in [0.2, 0.25) is 10.0 Å². The number of sulfonamides is 1. The van der Waals surface area contributed by atoms with Crippen LogP contribution in [0.3, 0.4) is 0 Å². The second-order valence-corrected chi connectivity index (χ2v) is 7.62. The lowest BCUT2D eigenvalue weighted by molar-refractivity contribution is -0.128. The first-order chi connectivity index (χ1) is 10.3. The van der Waals surface area contributed by atoms with E-state index in [1.807, 2.05) is 0 Å². The maximum atomic E-state index is 12.5. The maximum absolute atomic E-state index is 12.5. The molecule has 3 rings (SSSR count). The number of nitrogens with zero attached hydrogens (tertiary/aromatic N) is 2. The number of benzene rings is 1. The van der Waals surface area contributed by atoms with Crippen LogP contribution in [0.25, 0.3) is 0 Å². The summed E-state index contributed by atoms with van der Waals surface area (Å²) in [5.74, 6) is -0.465. The Morgan fingerprint density at radius 2 is 1.86 bits per heavy atom. The van der Waals surface area contributed by atoms with Gasteiger partial charge in [0.1, 0.15) is 4.90 Å². The van der Waals surface area contributed by atoms with Gasteiger partial charge in [-0.1, -0.05) is 23.2 Å². The highest BCUT2D eigenvalue weighted by atomic mass is 35.5. The number of carbonyl (C=O) groups is 2. The zero-order valence-electron chi connectivity index (χ0n) is 11.0. The molecular formula is C12H10Cl2N2O5S. The van der Waals surface area contributed by atoms with Crippen LogP contribution in [-0.4, -0.2) is 55.4 Å². The number of halogens is 2. The number of rotatable bonds is 3. The first-order valence-electron chi connectivity index (χ1n) is 6.24. The minimum Gasteiger partial charge on any atom is -0.439 e. The molecule has 0 atom stereocenters. The Balaban J connectivity index is 1.78. The second kappa shape index (κ2) is 5.38. The first kappa shape index (κ1) is 15.5. The van der Waals surface area contributed by atoms with E-state index in [0.29, 0.717) is 0 Å². The zero-order valence-corrected chi connectivity index (χ0v) is 13.4. The highest BCUT2D eigenvalue weighted by molar-refractivity contribution is 7.89. The second-order valence-electron chi connectivity index (χ2n) is 4.87. The van der Waals surface area contributed by atoms with E-state index < -0.39 is 28.1 Å². The molecule has 2 amide bonds. The Kier molecular flexibility index (Phi) is 3.80. The van der Waals surface area contributed by atoms with Crippen molar-refractivity contribution in [1.29, 1.82) is 0 Å². The molecule has 0 spiro atoms. The summed E-state index contributed by atoms with van der Waals surface area (Å²) in [7, 11) is -3.83. The van der Waals surface area contributed by atoms with Crippen LogP contribution >= 0.6 is 23.2 Å². The van der Waals surface area contributed by atoms with Crippen molar-refractivity contribution in [3.8, 4) is 0 Å². The fourth-order valence-electron chi connectivity index (χ4n) is 2.31. The number of carbonyl (C=O) groups excluding carboxylic acids is 2. The molecule has 0 unspecified atom stereocenters. The van der Waals surface area contributed by atoms with Gasteiger partial charge in [0, 0.05) is 18.1 Å². The molecule has 0 N–H and O–H groups in total. The molecule has 10 heteroatoms. The van der Waals surface area contributed by atoms with Gasteiger partial charge in [0.25, 0.3) is 5.91 Å². The molecule has 1 aromatic carbocycles. The molecule has 0 aliphatic carbocycles. The topological polar surface area (TPSA) is 84.0 Å². The van der Waals surface area contributed by atoms with E-state index in [4.69, 9.17) is 23.2 Å². The van der Waals surface area contributed by atoms with Gasteiger partial charge in [-0.15, -0.1) is 0 Å². The van der Waals surface area contributed by atoms with Crippen LogP contribution in [0.1, 0.15) is 0 Å². The van der Waals surface area contributed by atoms with Gasteiger partial charge in [-0.3, -0.25) is 4.79 Å². The van der Waals surface area contributed by atoms with Crippen LogP contribution in [0, 0.1) is 0 Å². The van der Waals surface area contributed by atoms with Gasteiger partial charge in [-0.25, -0.2) is 18.1 Å². The summed E-state index contributed by atoms with van der Waals surface area (Å²) in [6.45, 7) is -0.291. The van der Waals surface area contributed by atoms with Gasteiger partial charge >= 0.3 is 6.09 Å². The van der Waals surface area contributed by atoms with E-state index >= 15 is 0 Å². The standard InChI is InChI=1S/C12H10Cl2N2O5S/c13-7-1-2-9(14)10(3-7)22(19,20)15-4-8(5-15)16-11(17)6-21-12(16)18/h1-3,8H,4-6H2. The largest absolute Gasteiger partial charge is 0.439 e. The third kappa shape index (κ3) is 2.45. The average molecular weight is 365 g/mol. The van der Waals surface area contributed by atoms with Crippen LogP contribution in [0.5, 0.6) is 0 Å². The molecular weight excluding hydrogens is 355 g/mol. The summed E-state index contributed by atoms with van der Waals surface area (Å²) in [5, 5.41) is 0.308. The van der Waals surface area contributed by atoms with Gasteiger partial charge in [0.2, 0.25) is 10.0 Å². The van der Waals surface area contributed by atoms with E-state index in [1.165, 1.54) is 18.2 Å². The number of ether oxygens (including phenoxy) is 1. The number of imide groups is 1. The van der Waals surface area contributed by atoms with Crippen LogP contribution in [-0.2, 0) is 19.6 Å². The molecule has 0 saturated carbocycles. The molecule has 0 radical (unpaired) electrons. The van der Waals surface area contributed by atoms with Crippen molar-refractivity contribution in [2.45, 2.75) is 10.9 Å². The zero-order chi connectivity index (χ0) is 16.1. The predicted molar refractivity (Wildman–Crippen MR) is 77.2 cm³/mol. The molecule has 2 fully saturated rings. The fourth-order valence-corrected chi connectivity index (χ4v) is 4.56. The third-order valence-electron chi connectivity index (χ3n) is 3.49. The third-order valence-corrected chi connectivity index (χ3v) is 6.04. The van der Waals surface area contributed by atoms with Crippen molar-refractivity contribution in [1.82, 2.24) is 9.21 Å². The molecule has 2 saturated heterocycles. The van der Waals surface area contributed by atoms with Gasteiger partial charge in [0.05, 0.1) is 11.1 Å². The van der Waals surface area contributed by atoms with Gasteiger partial charge in [-0.2, -0.15) is 4.31 Å². The summed E-state index contributed by atoms with van der Waals surface area (Å²) < 4.78 is 30.7. The minimum absolute atomic E-state index is 0.00597. The molecule has 0 bridgehead atoms. The number of hydrogen-bond acceptors (Lipinski definition) is 5. The molecule has 7 nitrogen and oxygen atoms in total. The molecule has 2 aliphatic rings. The van der Waals surface area contributed by atoms with Gasteiger partial charge < -0.3 is 4.74 Å². The fraction of sp³-hybridized carbons (Fsp3) is 0.333. The molecule has 2 aliphatic heterocycles. The molecule has 0 aromatic heterocycles. The lowest BCUT2D eigenvalue weighted by Crippen LogP contribution is -2.62. The average Bonchev–Trinajstić information content (AvgIpc) is 2.71. The van der Waals surface area contributed by atoms with E-state index in [1.54, 1.807) is 0 Å². The Morgan fingerprint density at radius 3 is 2.45 bits per heavy atom. The number of amides is 2. The Bertz CT molecular complexity index is 745. The van der Waals surface area contributed by atoms with E-state index in [2.05, 4.69) is 4.74 Å². The van der Waals surface area contributed by atoms with Crippen LogP contribution < -0.4 is 0 Å². The Hall–Kier alpha value is -1.35.